The first kappa shape index (κ1) is 13.7. The van der Waals surface area contributed by atoms with Crippen molar-refractivity contribution in [3.8, 4) is 0 Å². The van der Waals surface area contributed by atoms with Crippen LogP contribution in [-0.2, 0) is 6.42 Å². The molecule has 3 rings (SSSR count). The number of rotatable bonds is 3. The zero-order valence-electron chi connectivity index (χ0n) is 11.3. The number of para-hydroxylation sites is 2. The molecule has 1 unspecified atom stereocenters. The number of benzene rings is 2. The predicted molar refractivity (Wildman–Crippen MR) is 73.8 cm³/mol. The normalized spacial score (nSPS) is 12.8. The molecule has 0 bridgehead atoms. The highest BCUT2D eigenvalue weighted by molar-refractivity contribution is 5.72. The van der Waals surface area contributed by atoms with E-state index in [0.29, 0.717) is 11.1 Å². The van der Waals surface area contributed by atoms with Gasteiger partial charge in [0.1, 0.15) is 17.2 Å². The summed E-state index contributed by atoms with van der Waals surface area (Å²) in [5.41, 5.74) is 1.15. The summed E-state index contributed by atoms with van der Waals surface area (Å²) in [5.74, 6) is -1.27. The molecule has 1 aromatic heterocycles. The molecule has 0 aliphatic carbocycles. The van der Waals surface area contributed by atoms with Crippen molar-refractivity contribution in [2.45, 2.75) is 19.4 Å². The van der Waals surface area contributed by atoms with Crippen LogP contribution >= 0.6 is 0 Å². The van der Waals surface area contributed by atoms with Gasteiger partial charge in [-0.3, -0.25) is 0 Å². The molecule has 108 valence electrons. The Kier molecular flexibility index (Phi) is 3.43. The Morgan fingerprint density at radius 2 is 1.95 bits per heavy atom. The molecule has 0 amide bonds. The van der Waals surface area contributed by atoms with Crippen LogP contribution in [0.5, 0.6) is 0 Å². The number of oxazole rings is 1. The third-order valence-electron chi connectivity index (χ3n) is 3.36. The monoisotopic (exact) mass is 289 g/mol. The molecule has 21 heavy (non-hydrogen) atoms. The van der Waals surface area contributed by atoms with Gasteiger partial charge in [0, 0.05) is 0 Å². The molecule has 3 nitrogen and oxygen atoms in total. The molecule has 0 saturated heterocycles. The van der Waals surface area contributed by atoms with Gasteiger partial charge >= 0.3 is 0 Å². The highest BCUT2D eigenvalue weighted by Crippen LogP contribution is 2.27. The fourth-order valence-corrected chi connectivity index (χ4v) is 2.26. The Morgan fingerprint density at radius 1 is 1.19 bits per heavy atom. The number of aromatic nitrogens is 1. The number of aryl methyl sites for hydroxylation is 1. The Labute approximate surface area is 119 Å². The molecule has 1 atom stereocenters. The van der Waals surface area contributed by atoms with Gasteiger partial charge in [-0.15, -0.1) is 0 Å². The van der Waals surface area contributed by atoms with Crippen molar-refractivity contribution in [2.75, 3.05) is 0 Å². The van der Waals surface area contributed by atoms with Crippen LogP contribution in [0.25, 0.3) is 11.1 Å². The van der Waals surface area contributed by atoms with Crippen LogP contribution in [0.4, 0.5) is 8.78 Å². The molecular weight excluding hydrogens is 276 g/mol. The maximum absolute atomic E-state index is 14.0. The lowest BCUT2D eigenvalue weighted by molar-refractivity contribution is 0.159. The second kappa shape index (κ2) is 5.26. The van der Waals surface area contributed by atoms with E-state index in [0.717, 1.165) is 6.07 Å². The van der Waals surface area contributed by atoms with Crippen molar-refractivity contribution >= 4 is 11.1 Å². The SMILES string of the molecule is Cc1ccc(F)c(C(O)Cc2nc3ccccc3o2)c1F. The van der Waals surface area contributed by atoms with Crippen LogP contribution in [0.3, 0.4) is 0 Å². The molecule has 0 aliphatic heterocycles. The number of aliphatic hydroxyl groups excluding tert-OH is 1. The molecule has 0 radical (unpaired) electrons. The molecule has 2 aromatic carbocycles. The topological polar surface area (TPSA) is 46.3 Å². The predicted octanol–water partition coefficient (Wildman–Crippen LogP) is 3.69. The van der Waals surface area contributed by atoms with Crippen molar-refractivity contribution in [1.82, 2.24) is 4.98 Å². The summed E-state index contributed by atoms with van der Waals surface area (Å²) in [5, 5.41) is 10.1. The lowest BCUT2D eigenvalue weighted by atomic mass is 10.0. The number of nitrogens with zero attached hydrogens (tertiary/aromatic N) is 1. The van der Waals surface area contributed by atoms with E-state index in [1.807, 2.05) is 6.07 Å². The van der Waals surface area contributed by atoms with E-state index in [9.17, 15) is 13.9 Å². The smallest absolute Gasteiger partial charge is 0.198 e. The van der Waals surface area contributed by atoms with Crippen LogP contribution in [0.15, 0.2) is 40.8 Å². The van der Waals surface area contributed by atoms with E-state index in [2.05, 4.69) is 4.98 Å². The van der Waals surface area contributed by atoms with Crippen molar-refractivity contribution in [2.24, 2.45) is 0 Å². The second-order valence-electron chi connectivity index (χ2n) is 4.89. The Balaban J connectivity index is 1.93. The van der Waals surface area contributed by atoms with Gasteiger partial charge in [0.15, 0.2) is 11.5 Å². The number of fused-ring (bicyclic) bond motifs is 1. The molecule has 5 heteroatoms. The van der Waals surface area contributed by atoms with E-state index in [1.54, 1.807) is 18.2 Å². The second-order valence-corrected chi connectivity index (χ2v) is 4.89. The standard InChI is InChI=1S/C16H13F2NO2/c1-9-6-7-10(17)15(16(9)18)12(20)8-14-19-11-4-2-3-5-13(11)21-14/h2-7,12,20H,8H2,1H3. The number of halogens is 2. The number of hydrogen-bond donors (Lipinski definition) is 1. The van der Waals surface area contributed by atoms with Gasteiger partial charge in [-0.25, -0.2) is 13.8 Å². The van der Waals surface area contributed by atoms with Gasteiger partial charge in [0.25, 0.3) is 0 Å². The average Bonchev–Trinajstić information content (AvgIpc) is 2.85. The van der Waals surface area contributed by atoms with Crippen molar-refractivity contribution in [3.63, 3.8) is 0 Å². The average molecular weight is 289 g/mol. The molecule has 1 N–H and O–H groups in total. The quantitative estimate of drug-likeness (QED) is 0.800. The van der Waals surface area contributed by atoms with Gasteiger partial charge in [0.05, 0.1) is 18.1 Å². The van der Waals surface area contributed by atoms with Crippen LogP contribution in [0.1, 0.15) is 23.1 Å². The molecule has 0 saturated carbocycles. The first-order valence-corrected chi connectivity index (χ1v) is 6.53. The number of aliphatic hydroxyl groups is 1. The third kappa shape index (κ3) is 2.52. The molecule has 0 aliphatic rings. The van der Waals surface area contributed by atoms with E-state index >= 15 is 0 Å². The van der Waals surface area contributed by atoms with Crippen LogP contribution in [-0.4, -0.2) is 10.1 Å². The van der Waals surface area contributed by atoms with Gasteiger partial charge in [-0.05, 0) is 30.7 Å². The Morgan fingerprint density at radius 3 is 2.71 bits per heavy atom. The molecule has 1 heterocycles. The lowest BCUT2D eigenvalue weighted by Gasteiger charge is -2.12. The first-order chi connectivity index (χ1) is 10.1. The minimum atomic E-state index is -1.35. The summed E-state index contributed by atoms with van der Waals surface area (Å²) in [4.78, 5) is 4.19. The summed E-state index contributed by atoms with van der Waals surface area (Å²) in [7, 11) is 0. The van der Waals surface area contributed by atoms with Crippen LogP contribution < -0.4 is 0 Å². The maximum Gasteiger partial charge on any atom is 0.198 e. The Hall–Kier alpha value is -2.27. The third-order valence-corrected chi connectivity index (χ3v) is 3.36. The van der Waals surface area contributed by atoms with Gasteiger partial charge in [-0.1, -0.05) is 18.2 Å². The fourth-order valence-electron chi connectivity index (χ4n) is 2.26. The van der Waals surface area contributed by atoms with E-state index in [4.69, 9.17) is 4.42 Å². The first-order valence-electron chi connectivity index (χ1n) is 6.53. The minimum absolute atomic E-state index is 0.0913. The van der Waals surface area contributed by atoms with E-state index < -0.39 is 17.7 Å². The largest absolute Gasteiger partial charge is 0.441 e. The molecular formula is C16H13F2NO2. The van der Waals surface area contributed by atoms with Crippen molar-refractivity contribution < 1.29 is 18.3 Å². The highest BCUT2D eigenvalue weighted by Gasteiger charge is 2.22. The van der Waals surface area contributed by atoms with Crippen molar-refractivity contribution in [1.29, 1.82) is 0 Å². The van der Waals surface area contributed by atoms with Crippen molar-refractivity contribution in [3.05, 3.63) is 65.1 Å². The van der Waals surface area contributed by atoms with E-state index in [-0.39, 0.29) is 23.4 Å². The number of hydrogen-bond acceptors (Lipinski definition) is 3. The fraction of sp³-hybridized carbons (Fsp3) is 0.188. The van der Waals surface area contributed by atoms with E-state index in [1.165, 1.54) is 13.0 Å². The van der Waals surface area contributed by atoms with Crippen LogP contribution in [0, 0.1) is 18.6 Å². The maximum atomic E-state index is 14.0. The summed E-state index contributed by atoms with van der Waals surface area (Å²) in [6, 6.07) is 9.59. The summed E-state index contributed by atoms with van der Waals surface area (Å²) >= 11 is 0. The van der Waals surface area contributed by atoms with Gasteiger partial charge in [-0.2, -0.15) is 0 Å². The summed E-state index contributed by atoms with van der Waals surface area (Å²) in [6.07, 6.45) is -1.44. The highest BCUT2D eigenvalue weighted by atomic mass is 19.1. The Bertz CT molecular complexity index is 765. The summed E-state index contributed by atoms with van der Waals surface area (Å²) in [6.45, 7) is 1.52. The van der Waals surface area contributed by atoms with Crippen LogP contribution in [0.2, 0.25) is 0 Å². The zero-order valence-corrected chi connectivity index (χ0v) is 11.3. The molecule has 0 fully saturated rings. The van der Waals surface area contributed by atoms with Gasteiger partial charge < -0.3 is 9.52 Å². The summed E-state index contributed by atoms with van der Waals surface area (Å²) < 4.78 is 33.2. The van der Waals surface area contributed by atoms with Gasteiger partial charge in [0.2, 0.25) is 0 Å². The molecule has 3 aromatic rings. The molecule has 0 spiro atoms. The zero-order chi connectivity index (χ0) is 15.0. The lowest BCUT2D eigenvalue weighted by Crippen LogP contribution is -2.08. The minimum Gasteiger partial charge on any atom is -0.441 e.